The number of thioether (sulfide) groups is 1. The molecule has 0 aromatic carbocycles. The fraction of sp³-hybridized carbons (Fsp3) is 0.696. The number of amides is 1. The fourth-order valence-corrected chi connectivity index (χ4v) is 4.42. The number of allylic oxidation sites excluding steroid dienone is 2. The lowest BCUT2D eigenvalue weighted by atomic mass is 9.96. The molecule has 0 bridgehead atoms. The van der Waals surface area contributed by atoms with Crippen LogP contribution in [-0.4, -0.2) is 73.3 Å². The average Bonchev–Trinajstić information content (AvgIpc) is 2.76. The summed E-state index contributed by atoms with van der Waals surface area (Å²) < 4.78 is 0. The Morgan fingerprint density at radius 3 is 3.00 bits per heavy atom. The third-order valence-corrected chi connectivity index (χ3v) is 6.38. The minimum Gasteiger partial charge on any atom is -0.351 e. The minimum absolute atomic E-state index is 0.0444. The lowest BCUT2D eigenvalue weighted by molar-refractivity contribution is -0.115. The average molecular weight is 434 g/mol. The van der Waals surface area contributed by atoms with Crippen LogP contribution < -0.4 is 10.6 Å². The quantitative estimate of drug-likeness (QED) is 0.464. The summed E-state index contributed by atoms with van der Waals surface area (Å²) in [6.07, 6.45) is 8.65. The van der Waals surface area contributed by atoms with Gasteiger partial charge in [-0.25, -0.2) is 4.99 Å². The first-order valence-electron chi connectivity index (χ1n) is 11.3. The Balaban J connectivity index is 1.73. The number of hydrogen-bond donors (Lipinski definition) is 2. The molecular weight excluding hydrogens is 394 g/mol. The second-order valence-electron chi connectivity index (χ2n) is 7.99. The highest BCUT2D eigenvalue weighted by atomic mass is 32.2. The number of carbonyl (C=O) groups is 1. The van der Waals surface area contributed by atoms with Crippen LogP contribution in [0.5, 0.6) is 0 Å². The standard InChI is InChI=1S/C23H39N5OS/c1-5-8-20-9-11-28(16-19(20)6-2)15-18(4)14-25-23(29)21-13-22(27-17-26-21)24-10-12-30-7-3/h5,8,17-18,22,24H,6-7,9-16H2,1-4H3,(H,25,29)/b8-5-/t18-,22?/m0/s1. The van der Waals surface area contributed by atoms with Crippen molar-refractivity contribution in [1.29, 1.82) is 0 Å². The zero-order valence-corrected chi connectivity index (χ0v) is 19.9. The number of nitrogens with one attached hydrogen (secondary N) is 2. The van der Waals surface area contributed by atoms with Gasteiger partial charge in [0, 0.05) is 44.9 Å². The van der Waals surface area contributed by atoms with Gasteiger partial charge in [-0.05, 0) is 37.0 Å². The molecule has 1 unspecified atom stereocenters. The summed E-state index contributed by atoms with van der Waals surface area (Å²) in [6.45, 7) is 13.4. The topological polar surface area (TPSA) is 69.1 Å². The van der Waals surface area contributed by atoms with Gasteiger partial charge in [-0.15, -0.1) is 0 Å². The Bertz CT molecular complexity index is 671. The molecule has 0 fully saturated rings. The molecule has 0 aromatic rings. The molecule has 0 radical (unpaired) electrons. The number of hydrogen-bond acceptors (Lipinski definition) is 6. The van der Waals surface area contributed by atoms with Crippen LogP contribution in [0, 0.1) is 5.92 Å². The Hall–Kier alpha value is -1.44. The minimum atomic E-state index is -0.0640. The summed E-state index contributed by atoms with van der Waals surface area (Å²) in [7, 11) is 0. The molecule has 6 nitrogen and oxygen atoms in total. The molecule has 2 atom stereocenters. The van der Waals surface area contributed by atoms with Crippen LogP contribution in [0.25, 0.3) is 0 Å². The molecule has 2 rings (SSSR count). The smallest absolute Gasteiger partial charge is 0.265 e. The van der Waals surface area contributed by atoms with Gasteiger partial charge in [0.05, 0.1) is 0 Å². The normalized spacial score (nSPS) is 21.2. The van der Waals surface area contributed by atoms with Crippen LogP contribution in [0.15, 0.2) is 33.3 Å². The highest BCUT2D eigenvalue weighted by molar-refractivity contribution is 7.99. The van der Waals surface area contributed by atoms with Crippen molar-refractivity contribution in [1.82, 2.24) is 15.5 Å². The van der Waals surface area contributed by atoms with Crippen molar-refractivity contribution in [3.63, 3.8) is 0 Å². The van der Waals surface area contributed by atoms with E-state index < -0.39 is 0 Å². The van der Waals surface area contributed by atoms with Crippen molar-refractivity contribution < 1.29 is 4.79 Å². The molecule has 2 aliphatic rings. The predicted octanol–water partition coefficient (Wildman–Crippen LogP) is 3.27. The zero-order chi connectivity index (χ0) is 21.8. The second-order valence-corrected chi connectivity index (χ2v) is 9.39. The van der Waals surface area contributed by atoms with Gasteiger partial charge >= 0.3 is 0 Å². The first-order valence-corrected chi connectivity index (χ1v) is 12.5. The first kappa shape index (κ1) is 24.8. The van der Waals surface area contributed by atoms with E-state index in [-0.39, 0.29) is 12.1 Å². The van der Waals surface area contributed by atoms with E-state index in [0.29, 0.717) is 24.6 Å². The summed E-state index contributed by atoms with van der Waals surface area (Å²) in [6, 6.07) is 0. The van der Waals surface area contributed by atoms with Gasteiger partial charge < -0.3 is 5.32 Å². The summed E-state index contributed by atoms with van der Waals surface area (Å²) in [5, 5.41) is 6.47. The number of carbonyl (C=O) groups excluding carboxylic acids is 1. The van der Waals surface area contributed by atoms with E-state index in [1.807, 2.05) is 11.8 Å². The zero-order valence-electron chi connectivity index (χ0n) is 19.1. The third-order valence-electron chi connectivity index (χ3n) is 5.48. The van der Waals surface area contributed by atoms with Crippen molar-refractivity contribution in [2.45, 2.75) is 53.1 Å². The van der Waals surface area contributed by atoms with Gasteiger partial charge in [0.15, 0.2) is 0 Å². The molecule has 168 valence electrons. The summed E-state index contributed by atoms with van der Waals surface area (Å²) in [4.78, 5) is 23.6. The lowest BCUT2D eigenvalue weighted by Gasteiger charge is -2.32. The molecule has 0 aliphatic carbocycles. The van der Waals surface area contributed by atoms with Crippen LogP contribution >= 0.6 is 11.8 Å². The van der Waals surface area contributed by atoms with E-state index in [1.54, 1.807) is 5.57 Å². The van der Waals surface area contributed by atoms with Crippen LogP contribution in [0.4, 0.5) is 0 Å². The van der Waals surface area contributed by atoms with Crippen molar-refractivity contribution >= 4 is 29.7 Å². The van der Waals surface area contributed by atoms with E-state index >= 15 is 0 Å². The number of aliphatic imine (C=N–C) groups is 2. The van der Waals surface area contributed by atoms with Gasteiger partial charge in [-0.3, -0.25) is 20.0 Å². The van der Waals surface area contributed by atoms with Gasteiger partial charge in [-0.1, -0.05) is 38.5 Å². The molecule has 1 amide bonds. The molecule has 7 heteroatoms. The van der Waals surface area contributed by atoms with Gasteiger partial charge in [-0.2, -0.15) is 11.8 Å². The molecule has 2 heterocycles. The van der Waals surface area contributed by atoms with Crippen molar-refractivity contribution in [2.75, 3.05) is 44.2 Å². The summed E-state index contributed by atoms with van der Waals surface area (Å²) in [5.74, 6) is 2.51. The lowest BCUT2D eigenvalue weighted by Crippen LogP contribution is -2.42. The van der Waals surface area contributed by atoms with Crippen LogP contribution in [0.2, 0.25) is 0 Å². The SMILES string of the molecule is C/C=C\C1=C(CC)CN(C[C@@H](C)CNC(=O)C2=NC=NC(NCCSCC)C2)CC1. The maximum atomic E-state index is 12.6. The monoisotopic (exact) mass is 433 g/mol. The Morgan fingerprint density at radius 1 is 1.43 bits per heavy atom. The van der Waals surface area contributed by atoms with E-state index in [1.165, 1.54) is 11.9 Å². The van der Waals surface area contributed by atoms with E-state index in [4.69, 9.17) is 0 Å². The number of nitrogens with zero attached hydrogens (tertiary/aromatic N) is 3. The fourth-order valence-electron chi connectivity index (χ4n) is 3.87. The van der Waals surface area contributed by atoms with Crippen LogP contribution in [0.3, 0.4) is 0 Å². The third kappa shape index (κ3) is 8.36. The maximum absolute atomic E-state index is 12.6. The van der Waals surface area contributed by atoms with E-state index in [9.17, 15) is 4.79 Å². The van der Waals surface area contributed by atoms with Crippen LogP contribution in [0.1, 0.15) is 47.0 Å². The Labute approximate surface area is 186 Å². The van der Waals surface area contributed by atoms with Crippen molar-refractivity contribution in [3.8, 4) is 0 Å². The molecule has 0 aromatic heterocycles. The van der Waals surface area contributed by atoms with Crippen molar-refractivity contribution in [2.24, 2.45) is 15.9 Å². The number of rotatable bonds is 12. The Morgan fingerprint density at radius 2 is 2.27 bits per heavy atom. The largest absolute Gasteiger partial charge is 0.351 e. The highest BCUT2D eigenvalue weighted by Gasteiger charge is 2.21. The second kappa shape index (κ2) is 13.8. The van der Waals surface area contributed by atoms with Crippen molar-refractivity contribution in [3.05, 3.63) is 23.3 Å². The molecule has 0 saturated carbocycles. The molecule has 30 heavy (non-hydrogen) atoms. The maximum Gasteiger partial charge on any atom is 0.265 e. The van der Waals surface area contributed by atoms with E-state index in [2.05, 4.69) is 65.4 Å². The van der Waals surface area contributed by atoms with E-state index in [0.717, 1.165) is 50.5 Å². The molecule has 2 N–H and O–H groups in total. The first-order chi connectivity index (χ1) is 14.6. The van der Waals surface area contributed by atoms with Gasteiger partial charge in [0.1, 0.15) is 18.2 Å². The highest BCUT2D eigenvalue weighted by Crippen LogP contribution is 2.22. The Kier molecular flexibility index (Phi) is 11.4. The molecule has 2 aliphatic heterocycles. The van der Waals surface area contributed by atoms with Crippen LogP contribution in [-0.2, 0) is 4.79 Å². The molecule has 0 spiro atoms. The molecular formula is C23H39N5OS. The van der Waals surface area contributed by atoms with Gasteiger partial charge in [0.2, 0.25) is 0 Å². The van der Waals surface area contributed by atoms with Gasteiger partial charge in [0.25, 0.3) is 5.91 Å². The molecule has 0 saturated heterocycles. The summed E-state index contributed by atoms with van der Waals surface area (Å²) in [5.41, 5.74) is 3.62. The predicted molar refractivity (Wildman–Crippen MR) is 131 cm³/mol. The summed E-state index contributed by atoms with van der Waals surface area (Å²) >= 11 is 1.90.